The molecule has 0 saturated carbocycles. The third-order valence-electron chi connectivity index (χ3n) is 5.62. The number of amides is 3. The van der Waals surface area contributed by atoms with Crippen LogP contribution in [0.15, 0.2) is 48.5 Å². The SMILES string of the molecule is CN(C)C(=O)c1ccc(N(CC(=O)NCc2ccccc2CN2CCCC2=O)S(C)(=O)=O)cc1. The molecule has 3 amide bonds. The molecule has 0 spiro atoms. The number of rotatable bonds is 9. The van der Waals surface area contributed by atoms with Crippen molar-refractivity contribution < 1.29 is 22.8 Å². The standard InChI is InChI=1S/C24H30N4O5S/c1-26(2)24(31)18-10-12-21(13-11-18)28(34(3,32)33)17-22(29)25-15-19-7-4-5-8-20(19)16-27-14-6-9-23(27)30/h4-5,7-8,10-13H,6,9,14-17H2,1-3H3,(H,25,29). The van der Waals surface area contributed by atoms with E-state index in [2.05, 4.69) is 5.32 Å². The second kappa shape index (κ2) is 10.7. The van der Waals surface area contributed by atoms with Gasteiger partial charge in [0.25, 0.3) is 5.91 Å². The van der Waals surface area contributed by atoms with Gasteiger partial charge in [-0.1, -0.05) is 24.3 Å². The highest BCUT2D eigenvalue weighted by Crippen LogP contribution is 2.20. The quantitative estimate of drug-likeness (QED) is 0.579. The summed E-state index contributed by atoms with van der Waals surface area (Å²) in [4.78, 5) is 40.0. The number of likely N-dealkylation sites (tertiary alicyclic amines) is 1. The van der Waals surface area contributed by atoms with Crippen LogP contribution in [0.2, 0.25) is 0 Å². The van der Waals surface area contributed by atoms with Crippen LogP contribution in [0.5, 0.6) is 0 Å². The minimum atomic E-state index is -3.74. The summed E-state index contributed by atoms with van der Waals surface area (Å²) >= 11 is 0. The Morgan fingerprint density at radius 2 is 1.68 bits per heavy atom. The van der Waals surface area contributed by atoms with Crippen LogP contribution in [-0.2, 0) is 32.7 Å². The van der Waals surface area contributed by atoms with Gasteiger partial charge in [0.1, 0.15) is 6.54 Å². The fourth-order valence-electron chi connectivity index (χ4n) is 3.77. The second-order valence-electron chi connectivity index (χ2n) is 8.48. The zero-order valence-corrected chi connectivity index (χ0v) is 20.5. The van der Waals surface area contributed by atoms with Gasteiger partial charge < -0.3 is 15.1 Å². The predicted molar refractivity (Wildman–Crippen MR) is 130 cm³/mol. The predicted octanol–water partition coefficient (Wildman–Crippen LogP) is 1.59. The number of nitrogens with one attached hydrogen (secondary N) is 1. The molecular weight excluding hydrogens is 456 g/mol. The van der Waals surface area contributed by atoms with Crippen LogP contribution in [0.1, 0.15) is 34.3 Å². The lowest BCUT2D eigenvalue weighted by atomic mass is 10.1. The summed E-state index contributed by atoms with van der Waals surface area (Å²) < 4.78 is 25.8. The maximum absolute atomic E-state index is 12.7. The Bertz CT molecular complexity index is 1160. The normalized spacial score (nSPS) is 13.6. The fourth-order valence-corrected chi connectivity index (χ4v) is 4.63. The molecule has 3 rings (SSSR count). The van der Waals surface area contributed by atoms with Gasteiger partial charge >= 0.3 is 0 Å². The van der Waals surface area contributed by atoms with Gasteiger partial charge in [-0.25, -0.2) is 8.42 Å². The first-order chi connectivity index (χ1) is 16.1. The summed E-state index contributed by atoms with van der Waals surface area (Å²) in [6, 6.07) is 13.6. The Labute approximate surface area is 200 Å². The molecule has 1 aliphatic heterocycles. The minimum Gasteiger partial charge on any atom is -0.350 e. The average molecular weight is 487 g/mol. The summed E-state index contributed by atoms with van der Waals surface area (Å²) in [5, 5.41) is 2.78. The molecule has 2 aromatic rings. The van der Waals surface area contributed by atoms with E-state index in [1.807, 2.05) is 24.3 Å². The van der Waals surface area contributed by atoms with Crippen molar-refractivity contribution in [2.75, 3.05) is 37.7 Å². The van der Waals surface area contributed by atoms with Crippen LogP contribution < -0.4 is 9.62 Å². The molecule has 0 unspecified atom stereocenters. The van der Waals surface area contributed by atoms with Gasteiger partial charge in [-0.3, -0.25) is 18.7 Å². The Hall–Kier alpha value is -3.40. The minimum absolute atomic E-state index is 0.126. The van der Waals surface area contributed by atoms with Crippen molar-refractivity contribution in [1.82, 2.24) is 15.1 Å². The summed E-state index contributed by atoms with van der Waals surface area (Å²) in [6.07, 6.45) is 2.44. The number of benzene rings is 2. The zero-order chi connectivity index (χ0) is 24.9. The molecule has 182 valence electrons. The highest BCUT2D eigenvalue weighted by atomic mass is 32.2. The van der Waals surface area contributed by atoms with Gasteiger partial charge in [-0.2, -0.15) is 0 Å². The van der Waals surface area contributed by atoms with E-state index in [1.54, 1.807) is 19.0 Å². The number of anilines is 1. The molecule has 0 aromatic heterocycles. The van der Waals surface area contributed by atoms with E-state index in [-0.39, 0.29) is 18.4 Å². The number of nitrogens with zero attached hydrogens (tertiary/aromatic N) is 3. The largest absolute Gasteiger partial charge is 0.350 e. The van der Waals surface area contributed by atoms with E-state index < -0.39 is 22.5 Å². The second-order valence-corrected chi connectivity index (χ2v) is 10.4. The summed E-state index contributed by atoms with van der Waals surface area (Å²) in [5.74, 6) is -0.545. The van der Waals surface area contributed by atoms with Crippen LogP contribution in [0, 0.1) is 0 Å². The van der Waals surface area contributed by atoms with Crippen molar-refractivity contribution in [3.05, 3.63) is 65.2 Å². The third-order valence-corrected chi connectivity index (χ3v) is 6.76. The van der Waals surface area contributed by atoms with Crippen LogP contribution in [0.3, 0.4) is 0 Å². The maximum Gasteiger partial charge on any atom is 0.253 e. The van der Waals surface area contributed by atoms with Gasteiger partial charge in [0.15, 0.2) is 0 Å². The summed E-state index contributed by atoms with van der Waals surface area (Å²) in [5.41, 5.74) is 2.52. The zero-order valence-electron chi connectivity index (χ0n) is 19.7. The van der Waals surface area contributed by atoms with Gasteiger partial charge in [-0.15, -0.1) is 0 Å². The van der Waals surface area contributed by atoms with E-state index in [0.29, 0.717) is 24.2 Å². The van der Waals surface area contributed by atoms with E-state index in [1.165, 1.54) is 29.2 Å². The highest BCUT2D eigenvalue weighted by Gasteiger charge is 2.23. The van der Waals surface area contributed by atoms with Crippen molar-refractivity contribution in [1.29, 1.82) is 0 Å². The molecule has 10 heteroatoms. The van der Waals surface area contributed by atoms with Gasteiger partial charge in [0, 0.05) is 45.7 Å². The van der Waals surface area contributed by atoms with Crippen LogP contribution in [-0.4, -0.2) is 69.4 Å². The molecular formula is C24H30N4O5S. The molecule has 0 aliphatic carbocycles. The van der Waals surface area contributed by atoms with Crippen LogP contribution in [0.25, 0.3) is 0 Å². The molecule has 0 radical (unpaired) electrons. The molecule has 34 heavy (non-hydrogen) atoms. The lowest BCUT2D eigenvalue weighted by Crippen LogP contribution is -2.40. The van der Waals surface area contributed by atoms with Crippen LogP contribution in [0.4, 0.5) is 5.69 Å². The molecule has 1 aliphatic rings. The Morgan fingerprint density at radius 1 is 1.03 bits per heavy atom. The number of hydrogen-bond acceptors (Lipinski definition) is 5. The van der Waals surface area contributed by atoms with Crippen molar-refractivity contribution in [3.63, 3.8) is 0 Å². The molecule has 1 N–H and O–H groups in total. The molecule has 1 fully saturated rings. The number of sulfonamides is 1. The number of carbonyl (C=O) groups excluding carboxylic acids is 3. The van der Waals surface area contributed by atoms with Crippen LogP contribution >= 0.6 is 0 Å². The van der Waals surface area contributed by atoms with Gasteiger partial charge in [0.05, 0.1) is 11.9 Å². The average Bonchev–Trinajstić information content (AvgIpc) is 3.20. The molecule has 0 atom stereocenters. The first-order valence-corrected chi connectivity index (χ1v) is 12.8. The lowest BCUT2D eigenvalue weighted by Gasteiger charge is -2.23. The molecule has 1 saturated heterocycles. The maximum atomic E-state index is 12.7. The molecule has 9 nitrogen and oxygen atoms in total. The third kappa shape index (κ3) is 6.34. The summed E-state index contributed by atoms with van der Waals surface area (Å²) in [6.45, 7) is 1.03. The number of hydrogen-bond donors (Lipinski definition) is 1. The Balaban J connectivity index is 1.68. The molecule has 1 heterocycles. The van der Waals surface area contributed by atoms with Crippen molar-refractivity contribution in [2.45, 2.75) is 25.9 Å². The smallest absolute Gasteiger partial charge is 0.253 e. The van der Waals surface area contributed by atoms with E-state index >= 15 is 0 Å². The lowest BCUT2D eigenvalue weighted by molar-refractivity contribution is -0.128. The summed E-state index contributed by atoms with van der Waals surface area (Å²) in [7, 11) is -0.483. The monoisotopic (exact) mass is 486 g/mol. The van der Waals surface area contributed by atoms with E-state index in [0.717, 1.165) is 34.7 Å². The highest BCUT2D eigenvalue weighted by molar-refractivity contribution is 7.92. The van der Waals surface area contributed by atoms with Crippen molar-refractivity contribution in [3.8, 4) is 0 Å². The number of carbonyl (C=O) groups is 3. The van der Waals surface area contributed by atoms with E-state index in [4.69, 9.17) is 0 Å². The van der Waals surface area contributed by atoms with Gasteiger partial charge in [0.2, 0.25) is 21.8 Å². The van der Waals surface area contributed by atoms with Gasteiger partial charge in [-0.05, 0) is 41.8 Å². The Morgan fingerprint density at radius 3 is 2.24 bits per heavy atom. The first kappa shape index (κ1) is 25.2. The molecule has 2 aromatic carbocycles. The van der Waals surface area contributed by atoms with Crippen molar-refractivity contribution >= 4 is 33.4 Å². The molecule has 0 bridgehead atoms. The van der Waals surface area contributed by atoms with E-state index in [9.17, 15) is 22.8 Å². The Kier molecular flexibility index (Phi) is 7.93. The fraction of sp³-hybridized carbons (Fsp3) is 0.375. The first-order valence-electron chi connectivity index (χ1n) is 11.0. The topological polar surface area (TPSA) is 107 Å². The van der Waals surface area contributed by atoms with Crippen molar-refractivity contribution in [2.24, 2.45) is 0 Å².